The van der Waals surface area contributed by atoms with Gasteiger partial charge in [-0.15, -0.1) is 0 Å². The first kappa shape index (κ1) is 17.2. The summed E-state index contributed by atoms with van der Waals surface area (Å²) < 4.78 is 24.5. The molecule has 0 radical (unpaired) electrons. The number of pyridine rings is 1. The van der Waals surface area contributed by atoms with Crippen LogP contribution in [-0.2, 0) is 6.54 Å². The van der Waals surface area contributed by atoms with Crippen LogP contribution < -0.4 is 14.8 Å². The first-order chi connectivity index (χ1) is 12.1. The molecule has 0 aliphatic heterocycles. The maximum absolute atomic E-state index is 13.7. The van der Waals surface area contributed by atoms with Crippen molar-refractivity contribution >= 4 is 5.91 Å². The molecule has 3 rings (SSSR count). The molecule has 1 fully saturated rings. The largest absolute Gasteiger partial charge is 0.494 e. The van der Waals surface area contributed by atoms with E-state index in [9.17, 15) is 9.18 Å². The molecule has 1 aliphatic carbocycles. The van der Waals surface area contributed by atoms with Gasteiger partial charge in [-0.05, 0) is 55.5 Å². The van der Waals surface area contributed by atoms with E-state index >= 15 is 0 Å². The highest BCUT2D eigenvalue weighted by molar-refractivity contribution is 5.97. The third kappa shape index (κ3) is 3.90. The molecule has 1 saturated carbocycles. The van der Waals surface area contributed by atoms with E-state index in [1.54, 1.807) is 18.3 Å². The van der Waals surface area contributed by atoms with Crippen molar-refractivity contribution < 1.29 is 18.7 Å². The zero-order valence-corrected chi connectivity index (χ0v) is 14.3. The summed E-state index contributed by atoms with van der Waals surface area (Å²) in [5, 5.41) is 2.80. The summed E-state index contributed by atoms with van der Waals surface area (Å²) >= 11 is 0. The van der Waals surface area contributed by atoms with E-state index in [1.807, 2.05) is 6.92 Å². The third-order valence-corrected chi connectivity index (χ3v) is 4.35. The summed E-state index contributed by atoms with van der Waals surface area (Å²) in [7, 11) is 1.41. The number of halogens is 1. The van der Waals surface area contributed by atoms with Gasteiger partial charge in [-0.25, -0.2) is 9.37 Å². The number of methoxy groups -OCH3 is 1. The average Bonchev–Trinajstić information content (AvgIpc) is 2.56. The lowest BCUT2D eigenvalue weighted by Crippen LogP contribution is -2.29. The van der Waals surface area contributed by atoms with Gasteiger partial charge in [-0.3, -0.25) is 4.79 Å². The summed E-state index contributed by atoms with van der Waals surface area (Å²) in [5.41, 5.74) is 1.88. The number of aromatic nitrogens is 1. The van der Waals surface area contributed by atoms with Crippen LogP contribution in [0.5, 0.6) is 11.6 Å². The lowest BCUT2D eigenvalue weighted by molar-refractivity contribution is 0.0915. The highest BCUT2D eigenvalue weighted by Gasteiger charge is 2.24. The number of nitrogens with one attached hydrogen (secondary N) is 1. The first-order valence-corrected chi connectivity index (χ1v) is 8.31. The summed E-state index contributed by atoms with van der Waals surface area (Å²) in [6.07, 6.45) is 4.89. The Morgan fingerprint density at radius 1 is 1.36 bits per heavy atom. The molecular weight excluding hydrogens is 323 g/mol. The summed E-state index contributed by atoms with van der Waals surface area (Å²) in [4.78, 5) is 16.8. The Balaban J connectivity index is 1.71. The van der Waals surface area contributed by atoms with Crippen molar-refractivity contribution in [2.24, 2.45) is 0 Å². The molecular formula is C19H21FN2O3. The minimum Gasteiger partial charge on any atom is -0.494 e. The fraction of sp³-hybridized carbons (Fsp3) is 0.368. The molecule has 1 heterocycles. The van der Waals surface area contributed by atoms with Gasteiger partial charge in [0.1, 0.15) is 11.7 Å². The number of benzene rings is 1. The zero-order valence-electron chi connectivity index (χ0n) is 14.3. The number of rotatable bonds is 6. The number of nitrogens with zero attached hydrogens (tertiary/aromatic N) is 1. The standard InChI is InChI=1S/C19H21FN2O3/c1-12-8-9-21-19(25-14-4-3-5-14)17(12)18(23)22-11-13-6-7-16(24-2)15(20)10-13/h6-10,14H,3-5,11H2,1-2H3,(H,22,23). The molecule has 6 heteroatoms. The minimum absolute atomic E-state index is 0.136. The van der Waals surface area contributed by atoms with Gasteiger partial charge in [-0.1, -0.05) is 6.07 Å². The van der Waals surface area contributed by atoms with Gasteiger partial charge in [0.15, 0.2) is 11.6 Å². The van der Waals surface area contributed by atoms with Gasteiger partial charge in [0.2, 0.25) is 5.88 Å². The predicted molar refractivity (Wildman–Crippen MR) is 91.4 cm³/mol. The number of carbonyl (C=O) groups is 1. The van der Waals surface area contributed by atoms with Crippen molar-refractivity contribution in [1.82, 2.24) is 10.3 Å². The SMILES string of the molecule is COc1ccc(CNC(=O)c2c(C)ccnc2OC2CCC2)cc1F. The average molecular weight is 344 g/mol. The van der Waals surface area contributed by atoms with E-state index in [1.165, 1.54) is 19.2 Å². The number of hydrogen-bond acceptors (Lipinski definition) is 4. The fourth-order valence-electron chi connectivity index (χ4n) is 2.64. The molecule has 132 valence electrons. The minimum atomic E-state index is -0.458. The fourth-order valence-corrected chi connectivity index (χ4v) is 2.64. The predicted octanol–water partition coefficient (Wildman–Crippen LogP) is 3.40. The maximum Gasteiger partial charge on any atom is 0.257 e. The van der Waals surface area contributed by atoms with Crippen molar-refractivity contribution in [2.75, 3.05) is 7.11 Å². The van der Waals surface area contributed by atoms with Crippen LogP contribution in [0.4, 0.5) is 4.39 Å². The molecule has 0 spiro atoms. The molecule has 0 unspecified atom stereocenters. The Morgan fingerprint density at radius 3 is 2.80 bits per heavy atom. The van der Waals surface area contributed by atoms with Crippen LogP contribution in [0.15, 0.2) is 30.5 Å². The van der Waals surface area contributed by atoms with Crippen LogP contribution >= 0.6 is 0 Å². The lowest BCUT2D eigenvalue weighted by atomic mass is 9.96. The van der Waals surface area contributed by atoms with Crippen LogP contribution in [0.25, 0.3) is 0 Å². The number of aryl methyl sites for hydroxylation is 1. The smallest absolute Gasteiger partial charge is 0.257 e. The molecule has 0 atom stereocenters. The Morgan fingerprint density at radius 2 is 2.16 bits per heavy atom. The topological polar surface area (TPSA) is 60.5 Å². The highest BCUT2D eigenvalue weighted by atomic mass is 19.1. The molecule has 1 amide bonds. The van der Waals surface area contributed by atoms with Crippen molar-refractivity contribution in [3.63, 3.8) is 0 Å². The van der Waals surface area contributed by atoms with E-state index in [4.69, 9.17) is 9.47 Å². The number of amides is 1. The van der Waals surface area contributed by atoms with Gasteiger partial charge in [0, 0.05) is 12.7 Å². The highest BCUT2D eigenvalue weighted by Crippen LogP contribution is 2.27. The van der Waals surface area contributed by atoms with E-state index in [2.05, 4.69) is 10.3 Å². The van der Waals surface area contributed by atoms with Crippen LogP contribution in [-0.4, -0.2) is 24.1 Å². The van der Waals surface area contributed by atoms with Crippen molar-refractivity contribution in [1.29, 1.82) is 0 Å². The lowest BCUT2D eigenvalue weighted by Gasteiger charge is -2.26. The summed E-state index contributed by atoms with van der Waals surface area (Å²) in [5.74, 6) is -0.200. The number of hydrogen-bond donors (Lipinski definition) is 1. The number of carbonyl (C=O) groups excluding carboxylic acids is 1. The van der Waals surface area contributed by atoms with Crippen LogP contribution in [0.1, 0.15) is 40.7 Å². The molecule has 0 saturated heterocycles. The Labute approximate surface area is 146 Å². The molecule has 1 aliphatic rings. The van der Waals surface area contributed by atoms with E-state index in [-0.39, 0.29) is 24.3 Å². The quantitative estimate of drug-likeness (QED) is 0.872. The Hall–Kier alpha value is -2.63. The van der Waals surface area contributed by atoms with Crippen LogP contribution in [0.2, 0.25) is 0 Å². The van der Waals surface area contributed by atoms with E-state index in [0.29, 0.717) is 17.0 Å². The van der Waals surface area contributed by atoms with Crippen LogP contribution in [0, 0.1) is 12.7 Å². The van der Waals surface area contributed by atoms with Gasteiger partial charge < -0.3 is 14.8 Å². The normalized spacial score (nSPS) is 13.9. The second-order valence-electron chi connectivity index (χ2n) is 6.13. The number of ether oxygens (including phenoxy) is 2. The van der Waals surface area contributed by atoms with Crippen molar-refractivity contribution in [3.8, 4) is 11.6 Å². The maximum atomic E-state index is 13.7. The third-order valence-electron chi connectivity index (χ3n) is 4.35. The van der Waals surface area contributed by atoms with E-state index in [0.717, 1.165) is 24.8 Å². The molecule has 1 aromatic carbocycles. The summed E-state index contributed by atoms with van der Waals surface area (Å²) in [6.45, 7) is 2.05. The van der Waals surface area contributed by atoms with Gasteiger partial charge in [0.25, 0.3) is 5.91 Å². The van der Waals surface area contributed by atoms with Gasteiger partial charge in [0.05, 0.1) is 7.11 Å². The molecule has 0 bridgehead atoms. The molecule has 1 aromatic heterocycles. The van der Waals surface area contributed by atoms with E-state index < -0.39 is 5.82 Å². The summed E-state index contributed by atoms with van der Waals surface area (Å²) in [6, 6.07) is 6.37. The van der Waals surface area contributed by atoms with Crippen molar-refractivity contribution in [2.45, 2.75) is 38.8 Å². The molecule has 2 aromatic rings. The Kier molecular flexibility index (Phi) is 5.16. The molecule has 25 heavy (non-hydrogen) atoms. The molecule has 5 nitrogen and oxygen atoms in total. The van der Waals surface area contributed by atoms with Crippen LogP contribution in [0.3, 0.4) is 0 Å². The zero-order chi connectivity index (χ0) is 17.8. The second-order valence-corrected chi connectivity index (χ2v) is 6.13. The van der Waals surface area contributed by atoms with Gasteiger partial charge >= 0.3 is 0 Å². The van der Waals surface area contributed by atoms with Crippen molar-refractivity contribution in [3.05, 3.63) is 53.0 Å². The monoisotopic (exact) mass is 344 g/mol. The second kappa shape index (κ2) is 7.51. The Bertz CT molecular complexity index is 775. The first-order valence-electron chi connectivity index (χ1n) is 8.31. The van der Waals surface area contributed by atoms with Gasteiger partial charge in [-0.2, -0.15) is 0 Å². The molecule has 1 N–H and O–H groups in total.